The van der Waals surface area contributed by atoms with Crippen LogP contribution in [0.2, 0.25) is 0 Å². The summed E-state index contributed by atoms with van der Waals surface area (Å²) in [4.78, 5) is 0. The highest BCUT2D eigenvalue weighted by Gasteiger charge is 2.32. The molecule has 1 nitrogen and oxygen atoms in total. The number of hydrogen-bond acceptors (Lipinski definition) is 1. The molecule has 1 aromatic carbocycles. The minimum atomic E-state index is 0.518. The van der Waals surface area contributed by atoms with Crippen molar-refractivity contribution in [2.75, 3.05) is 6.54 Å². The topological polar surface area (TPSA) is 12.0 Å². The van der Waals surface area contributed by atoms with Gasteiger partial charge in [0.2, 0.25) is 0 Å². The molecule has 1 unspecified atom stereocenters. The smallest absolute Gasteiger partial charge is 0.0317 e. The lowest BCUT2D eigenvalue weighted by Gasteiger charge is -2.30. The molecule has 1 atom stereocenters. The molecule has 1 N–H and O–H groups in total. The Morgan fingerprint density at radius 1 is 1.05 bits per heavy atom. The molecule has 1 fully saturated rings. The van der Waals surface area contributed by atoms with Crippen molar-refractivity contribution < 1.29 is 0 Å². The van der Waals surface area contributed by atoms with Crippen molar-refractivity contribution in [2.45, 2.75) is 71.8 Å². The summed E-state index contributed by atoms with van der Waals surface area (Å²) in [5, 5.41) is 3.86. The molecule has 20 heavy (non-hydrogen) atoms. The largest absolute Gasteiger partial charge is 0.309 e. The molecule has 0 spiro atoms. The molecule has 0 amide bonds. The molecule has 1 aliphatic carbocycles. The van der Waals surface area contributed by atoms with Gasteiger partial charge in [0, 0.05) is 12.6 Å². The van der Waals surface area contributed by atoms with E-state index >= 15 is 0 Å². The lowest BCUT2D eigenvalue weighted by molar-refractivity contribution is 0.254. The first-order valence-electron chi connectivity index (χ1n) is 8.55. The number of aryl methyl sites for hydroxylation is 1. The Balaban J connectivity index is 1.97. The zero-order valence-electron chi connectivity index (χ0n) is 13.5. The third-order valence-electron chi connectivity index (χ3n) is 5.34. The molecule has 2 rings (SSSR count). The maximum Gasteiger partial charge on any atom is 0.0317 e. The monoisotopic (exact) mass is 273 g/mol. The summed E-state index contributed by atoms with van der Waals surface area (Å²) in [6.07, 6.45) is 9.32. The zero-order chi connectivity index (χ0) is 14.4. The van der Waals surface area contributed by atoms with Gasteiger partial charge in [0.05, 0.1) is 0 Å². The van der Waals surface area contributed by atoms with E-state index in [2.05, 4.69) is 50.4 Å². The van der Waals surface area contributed by atoms with Crippen LogP contribution in [0.5, 0.6) is 0 Å². The van der Waals surface area contributed by atoms with E-state index in [0.717, 1.165) is 6.42 Å². The summed E-state index contributed by atoms with van der Waals surface area (Å²) < 4.78 is 0. The SMILES string of the molecule is CCc1ccc(C(CC)NCC2(CC)CCCC2)cc1. The highest BCUT2D eigenvalue weighted by Crippen LogP contribution is 2.40. The summed E-state index contributed by atoms with van der Waals surface area (Å²) in [5.74, 6) is 0. The van der Waals surface area contributed by atoms with Gasteiger partial charge >= 0.3 is 0 Å². The fourth-order valence-corrected chi connectivity index (χ4v) is 3.60. The van der Waals surface area contributed by atoms with Gasteiger partial charge in [-0.15, -0.1) is 0 Å². The number of nitrogens with one attached hydrogen (secondary N) is 1. The van der Waals surface area contributed by atoms with Gasteiger partial charge in [0.15, 0.2) is 0 Å². The zero-order valence-corrected chi connectivity index (χ0v) is 13.5. The van der Waals surface area contributed by atoms with Gasteiger partial charge in [-0.05, 0) is 48.6 Å². The van der Waals surface area contributed by atoms with E-state index in [0.29, 0.717) is 11.5 Å². The van der Waals surface area contributed by atoms with Crippen molar-refractivity contribution in [2.24, 2.45) is 5.41 Å². The minimum Gasteiger partial charge on any atom is -0.309 e. The third-order valence-corrected chi connectivity index (χ3v) is 5.34. The Morgan fingerprint density at radius 3 is 2.20 bits per heavy atom. The predicted molar refractivity (Wildman–Crippen MR) is 88.0 cm³/mol. The Morgan fingerprint density at radius 2 is 1.70 bits per heavy atom. The molecule has 1 saturated carbocycles. The first kappa shape index (κ1) is 15.6. The van der Waals surface area contributed by atoms with Crippen molar-refractivity contribution in [1.29, 1.82) is 0 Å². The van der Waals surface area contributed by atoms with E-state index in [1.54, 1.807) is 0 Å². The van der Waals surface area contributed by atoms with Gasteiger partial charge in [0.1, 0.15) is 0 Å². The number of benzene rings is 1. The Bertz CT molecular complexity index is 387. The number of rotatable bonds is 7. The molecule has 0 bridgehead atoms. The summed E-state index contributed by atoms with van der Waals surface area (Å²) in [6.45, 7) is 8.07. The van der Waals surface area contributed by atoms with Crippen LogP contribution in [-0.2, 0) is 6.42 Å². The van der Waals surface area contributed by atoms with E-state index < -0.39 is 0 Å². The maximum atomic E-state index is 3.86. The summed E-state index contributed by atoms with van der Waals surface area (Å²) >= 11 is 0. The number of hydrogen-bond donors (Lipinski definition) is 1. The van der Waals surface area contributed by atoms with Crippen molar-refractivity contribution in [3.8, 4) is 0 Å². The van der Waals surface area contributed by atoms with E-state index in [9.17, 15) is 0 Å². The highest BCUT2D eigenvalue weighted by molar-refractivity contribution is 5.25. The van der Waals surface area contributed by atoms with Gasteiger partial charge < -0.3 is 5.32 Å². The van der Waals surface area contributed by atoms with E-state index in [1.165, 1.54) is 56.2 Å². The Labute approximate surface area is 125 Å². The molecule has 0 radical (unpaired) electrons. The van der Waals surface area contributed by atoms with Gasteiger partial charge in [-0.2, -0.15) is 0 Å². The lowest BCUT2D eigenvalue weighted by atomic mass is 9.83. The average molecular weight is 273 g/mol. The van der Waals surface area contributed by atoms with Gasteiger partial charge in [-0.3, -0.25) is 0 Å². The van der Waals surface area contributed by atoms with Crippen LogP contribution in [0.3, 0.4) is 0 Å². The third kappa shape index (κ3) is 3.63. The molecule has 112 valence electrons. The Kier molecular flexibility index (Phi) is 5.65. The van der Waals surface area contributed by atoms with E-state index in [-0.39, 0.29) is 0 Å². The fourth-order valence-electron chi connectivity index (χ4n) is 3.60. The van der Waals surface area contributed by atoms with E-state index in [4.69, 9.17) is 0 Å². The summed E-state index contributed by atoms with van der Waals surface area (Å²) in [6, 6.07) is 9.71. The van der Waals surface area contributed by atoms with Crippen molar-refractivity contribution in [3.05, 3.63) is 35.4 Å². The molecule has 1 aromatic rings. The first-order chi connectivity index (χ1) is 9.73. The quantitative estimate of drug-likeness (QED) is 0.714. The van der Waals surface area contributed by atoms with Crippen LogP contribution in [-0.4, -0.2) is 6.54 Å². The van der Waals surface area contributed by atoms with Crippen molar-refractivity contribution in [3.63, 3.8) is 0 Å². The van der Waals surface area contributed by atoms with Crippen LogP contribution >= 0.6 is 0 Å². The van der Waals surface area contributed by atoms with Gasteiger partial charge in [-0.1, -0.05) is 57.9 Å². The molecular weight excluding hydrogens is 242 g/mol. The molecular formula is C19H31N. The van der Waals surface area contributed by atoms with Crippen molar-refractivity contribution >= 4 is 0 Å². The maximum absolute atomic E-state index is 3.86. The molecule has 0 aromatic heterocycles. The molecule has 1 heteroatoms. The molecule has 1 aliphatic rings. The van der Waals surface area contributed by atoms with Crippen LogP contribution in [0.4, 0.5) is 0 Å². The lowest BCUT2D eigenvalue weighted by Crippen LogP contribution is -2.34. The van der Waals surface area contributed by atoms with E-state index in [1.807, 2.05) is 0 Å². The Hall–Kier alpha value is -0.820. The molecule has 0 aliphatic heterocycles. The molecule has 0 heterocycles. The standard InChI is InChI=1S/C19H31N/c1-4-16-9-11-17(12-10-16)18(5-2)20-15-19(6-3)13-7-8-14-19/h9-12,18,20H,4-8,13-15H2,1-3H3. The second kappa shape index (κ2) is 7.26. The van der Waals surface area contributed by atoms with Crippen LogP contribution in [0.25, 0.3) is 0 Å². The van der Waals surface area contributed by atoms with Crippen LogP contribution in [0.15, 0.2) is 24.3 Å². The van der Waals surface area contributed by atoms with Crippen molar-refractivity contribution in [1.82, 2.24) is 5.32 Å². The highest BCUT2D eigenvalue weighted by atomic mass is 14.9. The predicted octanol–water partition coefficient (Wildman–Crippen LogP) is 5.26. The minimum absolute atomic E-state index is 0.518. The first-order valence-corrected chi connectivity index (χ1v) is 8.55. The van der Waals surface area contributed by atoms with Gasteiger partial charge in [-0.25, -0.2) is 0 Å². The summed E-state index contributed by atoms with van der Waals surface area (Å²) in [7, 11) is 0. The normalized spacial score (nSPS) is 19.1. The van der Waals surface area contributed by atoms with Crippen LogP contribution in [0.1, 0.15) is 76.5 Å². The average Bonchev–Trinajstić information content (AvgIpc) is 2.98. The van der Waals surface area contributed by atoms with Crippen LogP contribution in [0, 0.1) is 5.41 Å². The second-order valence-corrected chi connectivity index (χ2v) is 6.50. The summed E-state index contributed by atoms with van der Waals surface area (Å²) in [5.41, 5.74) is 3.47. The molecule has 0 saturated heterocycles. The van der Waals surface area contributed by atoms with Crippen LogP contribution < -0.4 is 5.32 Å². The second-order valence-electron chi connectivity index (χ2n) is 6.50. The fraction of sp³-hybridized carbons (Fsp3) is 0.684. The van der Waals surface area contributed by atoms with Gasteiger partial charge in [0.25, 0.3) is 0 Å².